The van der Waals surface area contributed by atoms with Gasteiger partial charge in [-0.2, -0.15) is 0 Å². The summed E-state index contributed by atoms with van der Waals surface area (Å²) in [6.45, 7) is 0.406. The van der Waals surface area contributed by atoms with E-state index in [1.807, 2.05) is 42.5 Å². The number of aromatic nitrogens is 2. The Morgan fingerprint density at radius 2 is 1.72 bits per heavy atom. The van der Waals surface area contributed by atoms with E-state index in [1.54, 1.807) is 19.2 Å². The molecular formula is C22H17N3O4. The highest BCUT2D eigenvalue weighted by atomic mass is 16.6. The number of hydrogen-bond donors (Lipinski definition) is 0. The van der Waals surface area contributed by atoms with Crippen molar-refractivity contribution in [1.82, 2.24) is 9.97 Å². The van der Waals surface area contributed by atoms with E-state index < -0.39 is 4.92 Å². The van der Waals surface area contributed by atoms with Crippen LogP contribution < -0.4 is 9.47 Å². The van der Waals surface area contributed by atoms with Gasteiger partial charge in [0.05, 0.1) is 23.2 Å². The fraction of sp³-hybridized carbons (Fsp3) is 0.0909. The van der Waals surface area contributed by atoms with Crippen LogP contribution in [-0.2, 0) is 6.61 Å². The smallest absolute Gasteiger partial charge is 0.269 e. The molecule has 0 amide bonds. The Labute approximate surface area is 166 Å². The lowest BCUT2D eigenvalue weighted by Gasteiger charge is -2.13. The lowest BCUT2D eigenvalue weighted by atomic mass is 10.1. The quantitative estimate of drug-likeness (QED) is 0.349. The van der Waals surface area contributed by atoms with Crippen LogP contribution in [-0.4, -0.2) is 22.0 Å². The monoisotopic (exact) mass is 387 g/mol. The molecule has 7 heteroatoms. The summed E-state index contributed by atoms with van der Waals surface area (Å²) in [6.07, 6.45) is 1.46. The van der Waals surface area contributed by atoms with Crippen LogP contribution in [0.1, 0.15) is 5.56 Å². The van der Waals surface area contributed by atoms with Crippen molar-refractivity contribution in [3.8, 4) is 22.8 Å². The van der Waals surface area contributed by atoms with Gasteiger partial charge in [-0.1, -0.05) is 30.3 Å². The van der Waals surface area contributed by atoms with Gasteiger partial charge in [0.1, 0.15) is 12.9 Å². The summed E-state index contributed by atoms with van der Waals surface area (Å²) >= 11 is 0. The average molecular weight is 387 g/mol. The second kappa shape index (κ2) is 7.93. The highest BCUT2D eigenvalue weighted by Crippen LogP contribution is 2.36. The summed E-state index contributed by atoms with van der Waals surface area (Å²) in [5, 5.41) is 11.7. The van der Waals surface area contributed by atoms with Crippen molar-refractivity contribution in [3.63, 3.8) is 0 Å². The molecule has 144 valence electrons. The average Bonchev–Trinajstić information content (AvgIpc) is 2.77. The molecule has 0 saturated heterocycles. The predicted molar refractivity (Wildman–Crippen MR) is 109 cm³/mol. The molecule has 0 aliphatic rings. The van der Waals surface area contributed by atoms with E-state index in [4.69, 9.17) is 9.47 Å². The molecule has 0 radical (unpaired) electrons. The zero-order chi connectivity index (χ0) is 20.2. The van der Waals surface area contributed by atoms with Gasteiger partial charge in [-0.3, -0.25) is 10.1 Å². The van der Waals surface area contributed by atoms with Crippen molar-refractivity contribution >= 4 is 16.6 Å². The molecule has 0 aliphatic heterocycles. The topological polar surface area (TPSA) is 87.4 Å². The molecule has 1 aromatic heterocycles. The molecule has 0 spiro atoms. The summed E-state index contributed by atoms with van der Waals surface area (Å²) in [7, 11) is 1.58. The Balaban J connectivity index is 1.72. The third-order valence-electron chi connectivity index (χ3n) is 4.51. The van der Waals surface area contributed by atoms with Crippen molar-refractivity contribution in [1.29, 1.82) is 0 Å². The molecule has 7 nitrogen and oxygen atoms in total. The van der Waals surface area contributed by atoms with Crippen molar-refractivity contribution in [2.45, 2.75) is 6.61 Å². The Morgan fingerprint density at radius 3 is 2.41 bits per heavy atom. The molecule has 1 heterocycles. The van der Waals surface area contributed by atoms with Crippen LogP contribution in [0.5, 0.6) is 11.5 Å². The third kappa shape index (κ3) is 3.84. The van der Waals surface area contributed by atoms with Gasteiger partial charge in [-0.15, -0.1) is 0 Å². The maximum atomic E-state index is 10.9. The number of hydrogen-bond acceptors (Lipinski definition) is 6. The van der Waals surface area contributed by atoms with Crippen molar-refractivity contribution in [2.75, 3.05) is 7.11 Å². The number of ether oxygens (including phenoxy) is 2. The Morgan fingerprint density at radius 1 is 0.966 bits per heavy atom. The molecule has 0 fully saturated rings. The highest BCUT2D eigenvalue weighted by molar-refractivity contribution is 5.94. The third-order valence-corrected chi connectivity index (χ3v) is 4.51. The SMILES string of the molecule is COc1cc2c(-c3ccc([N+](=O)[O-])cc3)ncnc2cc1OCc1ccccc1. The fourth-order valence-corrected chi connectivity index (χ4v) is 3.04. The van der Waals surface area contributed by atoms with Gasteiger partial charge in [-0.05, 0) is 23.8 Å². The minimum Gasteiger partial charge on any atom is -0.493 e. The van der Waals surface area contributed by atoms with Crippen molar-refractivity contribution < 1.29 is 14.4 Å². The van der Waals surface area contributed by atoms with E-state index in [0.717, 1.165) is 16.5 Å². The Bertz CT molecular complexity index is 1160. The van der Waals surface area contributed by atoms with E-state index in [-0.39, 0.29) is 5.69 Å². The molecule has 3 aromatic carbocycles. The molecule has 0 unspecified atom stereocenters. The zero-order valence-electron chi connectivity index (χ0n) is 15.6. The van der Waals surface area contributed by atoms with E-state index in [2.05, 4.69) is 9.97 Å². The maximum Gasteiger partial charge on any atom is 0.269 e. The van der Waals surface area contributed by atoms with Crippen LogP contribution in [0.4, 0.5) is 5.69 Å². The van der Waals surface area contributed by atoms with Crippen molar-refractivity contribution in [2.24, 2.45) is 0 Å². The minimum absolute atomic E-state index is 0.0290. The minimum atomic E-state index is -0.429. The van der Waals surface area contributed by atoms with Crippen molar-refractivity contribution in [3.05, 3.63) is 88.7 Å². The number of methoxy groups -OCH3 is 1. The molecule has 0 bridgehead atoms. The van der Waals surface area contributed by atoms with Gasteiger partial charge in [-0.25, -0.2) is 9.97 Å². The molecular weight excluding hydrogens is 370 g/mol. The fourth-order valence-electron chi connectivity index (χ4n) is 3.04. The number of fused-ring (bicyclic) bond motifs is 1. The number of nitrogens with zero attached hydrogens (tertiary/aromatic N) is 3. The number of benzene rings is 3. The van der Waals surface area contributed by atoms with Crippen LogP contribution in [0, 0.1) is 10.1 Å². The van der Waals surface area contributed by atoms with Gasteiger partial charge in [0.25, 0.3) is 5.69 Å². The predicted octanol–water partition coefficient (Wildman–Crippen LogP) is 4.79. The first kappa shape index (κ1) is 18.4. The Hall–Kier alpha value is -4.00. The lowest BCUT2D eigenvalue weighted by Crippen LogP contribution is -1.99. The van der Waals surface area contributed by atoms with Crippen LogP contribution in [0.2, 0.25) is 0 Å². The first-order valence-corrected chi connectivity index (χ1v) is 8.90. The van der Waals surface area contributed by atoms with Gasteiger partial charge in [0.15, 0.2) is 11.5 Å². The first-order chi connectivity index (χ1) is 14.2. The summed E-state index contributed by atoms with van der Waals surface area (Å²) in [5.41, 5.74) is 3.18. The number of rotatable bonds is 6. The summed E-state index contributed by atoms with van der Waals surface area (Å²) < 4.78 is 11.5. The summed E-state index contributed by atoms with van der Waals surface area (Å²) in [5.74, 6) is 1.14. The molecule has 0 aliphatic carbocycles. The lowest BCUT2D eigenvalue weighted by molar-refractivity contribution is -0.384. The second-order valence-electron chi connectivity index (χ2n) is 6.32. The summed E-state index contributed by atoms with van der Waals surface area (Å²) in [4.78, 5) is 19.2. The van der Waals surface area contributed by atoms with Gasteiger partial charge >= 0.3 is 0 Å². The van der Waals surface area contributed by atoms with E-state index in [9.17, 15) is 10.1 Å². The van der Waals surface area contributed by atoms with Gasteiger partial charge < -0.3 is 9.47 Å². The molecule has 0 N–H and O–H groups in total. The van der Waals surface area contributed by atoms with E-state index in [1.165, 1.54) is 18.5 Å². The maximum absolute atomic E-state index is 10.9. The normalized spacial score (nSPS) is 10.7. The standard InChI is InChI=1S/C22H17N3O4/c1-28-20-11-18-19(12-21(20)29-13-15-5-3-2-4-6-15)23-14-24-22(18)16-7-9-17(10-8-16)25(26)27/h2-12,14H,13H2,1H3. The molecule has 29 heavy (non-hydrogen) atoms. The first-order valence-electron chi connectivity index (χ1n) is 8.90. The number of nitro groups is 1. The zero-order valence-corrected chi connectivity index (χ0v) is 15.6. The second-order valence-corrected chi connectivity index (χ2v) is 6.32. The number of nitro benzene ring substituents is 1. The van der Waals surface area contributed by atoms with Crippen LogP contribution >= 0.6 is 0 Å². The van der Waals surface area contributed by atoms with Gasteiger partial charge in [0, 0.05) is 29.1 Å². The van der Waals surface area contributed by atoms with Gasteiger partial charge in [0.2, 0.25) is 0 Å². The largest absolute Gasteiger partial charge is 0.493 e. The Kier molecular flexibility index (Phi) is 5.03. The molecule has 0 atom stereocenters. The van der Waals surface area contributed by atoms with Crippen LogP contribution in [0.25, 0.3) is 22.2 Å². The summed E-state index contributed by atoms with van der Waals surface area (Å²) in [6, 6.07) is 19.7. The van der Waals surface area contributed by atoms with E-state index in [0.29, 0.717) is 29.3 Å². The van der Waals surface area contributed by atoms with Crippen LogP contribution in [0.3, 0.4) is 0 Å². The molecule has 4 aromatic rings. The molecule has 0 saturated carbocycles. The van der Waals surface area contributed by atoms with E-state index >= 15 is 0 Å². The number of non-ortho nitro benzene ring substituents is 1. The molecule has 4 rings (SSSR count). The van der Waals surface area contributed by atoms with Crippen LogP contribution in [0.15, 0.2) is 73.1 Å². The highest BCUT2D eigenvalue weighted by Gasteiger charge is 2.14.